The van der Waals surface area contributed by atoms with Crippen molar-refractivity contribution in [1.82, 2.24) is 0 Å². The molecule has 0 spiro atoms. The van der Waals surface area contributed by atoms with Crippen molar-refractivity contribution in [3.8, 4) is 0 Å². The smallest absolute Gasteiger partial charge is 0.235 e. The number of hydrogen-bond acceptors (Lipinski definition) is 2. The van der Waals surface area contributed by atoms with Crippen molar-refractivity contribution in [3.05, 3.63) is 29.3 Å². The van der Waals surface area contributed by atoms with Gasteiger partial charge in [0.1, 0.15) is 0 Å². The van der Waals surface area contributed by atoms with Crippen LogP contribution >= 0.6 is 0 Å². The zero-order valence-electron chi connectivity index (χ0n) is 12.2. The zero-order valence-corrected chi connectivity index (χ0v) is 13.0. The van der Waals surface area contributed by atoms with Crippen LogP contribution in [0.3, 0.4) is 0 Å². The molecule has 1 aromatic carbocycles. The summed E-state index contributed by atoms with van der Waals surface area (Å²) in [7, 11) is -3.17. The summed E-state index contributed by atoms with van der Waals surface area (Å²) in [5, 5.41) is 0. The van der Waals surface area contributed by atoms with Gasteiger partial charge in [0.15, 0.2) is 0 Å². The molecule has 2 rings (SSSR count). The molecule has 0 saturated carbocycles. The number of fused-ring (bicyclic) bond motifs is 1. The molecule has 0 saturated heterocycles. The molecule has 1 heterocycles. The van der Waals surface area contributed by atoms with Crippen LogP contribution in [0.25, 0.3) is 0 Å². The van der Waals surface area contributed by atoms with Crippen LogP contribution < -0.4 is 4.31 Å². The van der Waals surface area contributed by atoms with Gasteiger partial charge in [-0.3, -0.25) is 4.31 Å². The summed E-state index contributed by atoms with van der Waals surface area (Å²) < 4.78 is 26.4. The lowest BCUT2D eigenvalue weighted by atomic mass is 9.85. The van der Waals surface area contributed by atoms with E-state index in [-0.39, 0.29) is 11.2 Å². The van der Waals surface area contributed by atoms with E-state index >= 15 is 0 Å². The van der Waals surface area contributed by atoms with Crippen molar-refractivity contribution >= 4 is 15.7 Å². The lowest BCUT2D eigenvalue weighted by molar-refractivity contribution is 0.583. The Morgan fingerprint density at radius 2 is 1.95 bits per heavy atom. The predicted octanol–water partition coefficient (Wildman–Crippen LogP) is 3.09. The average Bonchev–Trinajstić information content (AvgIpc) is 2.71. The Labute approximate surface area is 116 Å². The topological polar surface area (TPSA) is 37.4 Å². The largest absolute Gasteiger partial charge is 0.269 e. The van der Waals surface area contributed by atoms with E-state index in [1.807, 2.05) is 19.1 Å². The van der Waals surface area contributed by atoms with Gasteiger partial charge in [-0.2, -0.15) is 0 Å². The van der Waals surface area contributed by atoms with E-state index in [0.717, 1.165) is 23.2 Å². The van der Waals surface area contributed by atoms with Crippen molar-refractivity contribution < 1.29 is 8.42 Å². The number of para-hydroxylation sites is 1. The highest BCUT2D eigenvalue weighted by Crippen LogP contribution is 2.39. The second kappa shape index (κ2) is 4.82. The Kier molecular flexibility index (Phi) is 3.65. The minimum absolute atomic E-state index is 0.0460. The van der Waals surface area contributed by atoms with E-state index in [0.29, 0.717) is 13.0 Å². The Morgan fingerprint density at radius 3 is 2.53 bits per heavy atom. The van der Waals surface area contributed by atoms with Crippen molar-refractivity contribution in [3.63, 3.8) is 0 Å². The monoisotopic (exact) mass is 281 g/mol. The van der Waals surface area contributed by atoms with Crippen LogP contribution in [0.1, 0.15) is 45.2 Å². The van der Waals surface area contributed by atoms with Gasteiger partial charge in [-0.25, -0.2) is 8.42 Å². The van der Waals surface area contributed by atoms with Gasteiger partial charge >= 0.3 is 0 Å². The van der Waals surface area contributed by atoms with Gasteiger partial charge in [0.25, 0.3) is 0 Å². The van der Waals surface area contributed by atoms with Crippen molar-refractivity contribution in [2.24, 2.45) is 0 Å². The number of nitrogens with zero attached hydrogens (tertiary/aromatic N) is 1. The van der Waals surface area contributed by atoms with Crippen molar-refractivity contribution in [2.45, 2.75) is 46.0 Å². The Bertz CT molecular complexity index is 570. The van der Waals surface area contributed by atoms with Crippen LogP contribution in [-0.4, -0.2) is 20.7 Å². The first kappa shape index (κ1) is 14.4. The lowest BCUT2D eigenvalue weighted by Gasteiger charge is -2.28. The van der Waals surface area contributed by atoms with Gasteiger partial charge in [0.2, 0.25) is 10.0 Å². The zero-order chi connectivity index (χ0) is 14.3. The standard InChI is InChI=1S/C15H23NO2S/c1-5-11-19(17,18)16-10-9-12-7-6-8-13(14(12)16)15(2,3)4/h6-8H,5,9-11H2,1-4H3. The molecule has 0 atom stereocenters. The third kappa shape index (κ3) is 2.64. The summed E-state index contributed by atoms with van der Waals surface area (Å²) >= 11 is 0. The van der Waals surface area contributed by atoms with E-state index in [1.165, 1.54) is 0 Å². The average molecular weight is 281 g/mol. The Morgan fingerprint density at radius 1 is 1.26 bits per heavy atom. The van der Waals surface area contributed by atoms with Crippen LogP contribution in [-0.2, 0) is 21.9 Å². The molecule has 0 amide bonds. The SMILES string of the molecule is CCCS(=O)(=O)N1CCc2cccc(C(C)(C)C)c21. The van der Waals surface area contributed by atoms with E-state index in [2.05, 4.69) is 26.8 Å². The van der Waals surface area contributed by atoms with Crippen LogP contribution in [0, 0.1) is 0 Å². The van der Waals surface area contributed by atoms with Crippen molar-refractivity contribution in [2.75, 3.05) is 16.6 Å². The second-order valence-corrected chi connectivity index (χ2v) is 8.21. The lowest BCUT2D eigenvalue weighted by Crippen LogP contribution is -2.32. The molecule has 4 heteroatoms. The summed E-state index contributed by atoms with van der Waals surface area (Å²) in [6.07, 6.45) is 1.48. The van der Waals surface area contributed by atoms with Crippen molar-refractivity contribution in [1.29, 1.82) is 0 Å². The van der Waals surface area contributed by atoms with Gasteiger partial charge in [0.05, 0.1) is 11.4 Å². The fourth-order valence-corrected chi connectivity index (χ4v) is 4.27. The number of rotatable bonds is 3. The molecule has 3 nitrogen and oxygen atoms in total. The maximum Gasteiger partial charge on any atom is 0.235 e. The van der Waals surface area contributed by atoms with E-state index in [1.54, 1.807) is 4.31 Å². The van der Waals surface area contributed by atoms with Crippen LogP contribution in [0.15, 0.2) is 18.2 Å². The van der Waals surface area contributed by atoms with Crippen LogP contribution in [0.2, 0.25) is 0 Å². The molecule has 0 unspecified atom stereocenters. The molecule has 0 aliphatic carbocycles. The van der Waals surface area contributed by atoms with Gasteiger partial charge in [0, 0.05) is 6.54 Å². The van der Waals surface area contributed by atoms with Gasteiger partial charge in [-0.15, -0.1) is 0 Å². The molecule has 0 bridgehead atoms. The summed E-state index contributed by atoms with van der Waals surface area (Å²) in [6, 6.07) is 6.14. The number of hydrogen-bond donors (Lipinski definition) is 0. The van der Waals surface area contributed by atoms with Gasteiger partial charge < -0.3 is 0 Å². The van der Waals surface area contributed by atoms with E-state index in [9.17, 15) is 8.42 Å². The fraction of sp³-hybridized carbons (Fsp3) is 0.600. The normalized spacial score (nSPS) is 15.7. The Balaban J connectivity index is 2.55. The van der Waals surface area contributed by atoms with Crippen LogP contribution in [0.5, 0.6) is 0 Å². The highest BCUT2D eigenvalue weighted by atomic mass is 32.2. The summed E-state index contributed by atoms with van der Waals surface area (Å²) in [5.41, 5.74) is 3.17. The molecule has 0 aromatic heterocycles. The number of sulfonamides is 1. The van der Waals surface area contributed by atoms with E-state index in [4.69, 9.17) is 0 Å². The maximum absolute atomic E-state index is 12.4. The first-order valence-electron chi connectivity index (χ1n) is 6.90. The molecule has 0 fully saturated rings. The second-order valence-electron chi connectivity index (χ2n) is 6.20. The summed E-state index contributed by atoms with van der Waals surface area (Å²) in [5.74, 6) is 0.227. The predicted molar refractivity (Wildman–Crippen MR) is 80.3 cm³/mol. The van der Waals surface area contributed by atoms with E-state index < -0.39 is 10.0 Å². The highest BCUT2D eigenvalue weighted by molar-refractivity contribution is 7.92. The minimum Gasteiger partial charge on any atom is -0.269 e. The fourth-order valence-electron chi connectivity index (χ4n) is 2.67. The molecule has 19 heavy (non-hydrogen) atoms. The molecule has 106 valence electrons. The minimum atomic E-state index is -3.17. The first-order chi connectivity index (χ1) is 8.77. The number of benzene rings is 1. The third-order valence-electron chi connectivity index (χ3n) is 3.56. The Hall–Kier alpha value is -1.03. The van der Waals surface area contributed by atoms with Gasteiger partial charge in [-0.05, 0) is 29.4 Å². The molecule has 1 aliphatic heterocycles. The quantitative estimate of drug-likeness (QED) is 0.854. The highest BCUT2D eigenvalue weighted by Gasteiger charge is 2.33. The third-order valence-corrected chi connectivity index (χ3v) is 5.52. The molecule has 0 N–H and O–H groups in total. The summed E-state index contributed by atoms with van der Waals surface area (Å²) in [4.78, 5) is 0. The number of anilines is 1. The molecule has 1 aromatic rings. The van der Waals surface area contributed by atoms with Crippen LogP contribution in [0.4, 0.5) is 5.69 Å². The first-order valence-corrected chi connectivity index (χ1v) is 8.51. The summed E-state index contributed by atoms with van der Waals surface area (Å²) in [6.45, 7) is 8.89. The van der Waals surface area contributed by atoms with Gasteiger partial charge in [-0.1, -0.05) is 45.9 Å². The molecule has 1 aliphatic rings. The molecule has 0 radical (unpaired) electrons. The maximum atomic E-state index is 12.4. The molecular weight excluding hydrogens is 258 g/mol. The molecular formula is C15H23NO2S.